The number of amides is 1. The number of piperidine rings is 1. The highest BCUT2D eigenvalue weighted by atomic mass is 32.1. The average Bonchev–Trinajstić information content (AvgIpc) is 3.28. The second kappa shape index (κ2) is 9.92. The summed E-state index contributed by atoms with van der Waals surface area (Å²) in [5, 5.41) is 1.96. The molecular formula is C32H29FN6O2S. The summed E-state index contributed by atoms with van der Waals surface area (Å²) in [6, 6.07) is 16.2. The molecule has 1 aliphatic heterocycles. The molecule has 2 aliphatic rings. The molecule has 0 unspecified atom stereocenters. The van der Waals surface area contributed by atoms with Gasteiger partial charge in [0, 0.05) is 59.9 Å². The number of aromatic nitrogens is 4. The topological polar surface area (TPSA) is 107 Å². The Labute approximate surface area is 246 Å². The van der Waals surface area contributed by atoms with Gasteiger partial charge in [-0.1, -0.05) is 24.3 Å². The molecule has 2 fully saturated rings. The second-order valence-corrected chi connectivity index (χ2v) is 12.6. The number of rotatable bonds is 6. The highest BCUT2D eigenvalue weighted by molar-refractivity contribution is 7.17. The van der Waals surface area contributed by atoms with E-state index in [-0.39, 0.29) is 29.7 Å². The van der Waals surface area contributed by atoms with Crippen LogP contribution in [0, 0.1) is 24.6 Å². The smallest absolute Gasteiger partial charge is 0.265 e. The lowest BCUT2D eigenvalue weighted by Gasteiger charge is -2.22. The average molecular weight is 581 g/mol. The number of hydrogen-bond acceptors (Lipinski definition) is 8. The number of aryl methyl sites for hydroxylation is 1. The van der Waals surface area contributed by atoms with Crippen LogP contribution in [0.2, 0.25) is 0 Å². The molecule has 1 saturated heterocycles. The molecule has 7 rings (SSSR count). The predicted molar refractivity (Wildman–Crippen MR) is 160 cm³/mol. The van der Waals surface area contributed by atoms with E-state index in [1.54, 1.807) is 30.6 Å². The van der Waals surface area contributed by atoms with Crippen LogP contribution in [0.1, 0.15) is 34.8 Å². The first-order chi connectivity index (χ1) is 20.2. The largest absolute Gasteiger partial charge is 0.474 e. The summed E-state index contributed by atoms with van der Waals surface area (Å²) in [5.41, 5.74) is 8.93. The number of halogens is 1. The number of carbonyl (C=O) groups is 1. The van der Waals surface area contributed by atoms with E-state index in [9.17, 15) is 9.18 Å². The normalized spacial score (nSPS) is 19.6. The summed E-state index contributed by atoms with van der Waals surface area (Å²) >= 11 is 1.33. The van der Waals surface area contributed by atoms with Crippen molar-refractivity contribution >= 4 is 28.0 Å². The molecule has 8 nitrogen and oxygen atoms in total. The number of nitrogens with two attached hydrogens (primary N) is 1. The summed E-state index contributed by atoms with van der Waals surface area (Å²) in [6.07, 6.45) is 3.29. The fraction of sp³-hybridized carbons (Fsp3) is 0.281. The van der Waals surface area contributed by atoms with Gasteiger partial charge in [-0.15, -0.1) is 11.3 Å². The van der Waals surface area contributed by atoms with Gasteiger partial charge in [0.25, 0.3) is 5.91 Å². The number of nitrogens with zero attached hydrogens (tertiary/aromatic N) is 5. The van der Waals surface area contributed by atoms with Gasteiger partial charge >= 0.3 is 0 Å². The number of carbonyl (C=O) groups excluding carboxylic acids is 1. The van der Waals surface area contributed by atoms with Crippen LogP contribution in [0.15, 0.2) is 67.0 Å². The molecule has 5 aromatic rings. The van der Waals surface area contributed by atoms with Crippen LogP contribution in [0.25, 0.3) is 32.9 Å². The van der Waals surface area contributed by atoms with Crippen molar-refractivity contribution in [3.63, 3.8) is 0 Å². The van der Waals surface area contributed by atoms with Crippen LogP contribution in [-0.2, 0) is 5.54 Å². The van der Waals surface area contributed by atoms with Crippen molar-refractivity contribution in [3.05, 3.63) is 88.9 Å². The molecule has 2 N–H and O–H groups in total. The lowest BCUT2D eigenvalue weighted by molar-refractivity contribution is 0.0755. The molecule has 2 aromatic carbocycles. The molecular weight excluding hydrogens is 551 g/mol. The Morgan fingerprint density at radius 2 is 1.74 bits per heavy atom. The summed E-state index contributed by atoms with van der Waals surface area (Å²) in [5.74, 6) is 1.16. The fourth-order valence-corrected chi connectivity index (χ4v) is 6.74. The van der Waals surface area contributed by atoms with Gasteiger partial charge in [0.2, 0.25) is 5.88 Å². The summed E-state index contributed by atoms with van der Waals surface area (Å²) in [6.45, 7) is 6.94. The summed E-state index contributed by atoms with van der Waals surface area (Å²) in [4.78, 5) is 33.8. The van der Waals surface area contributed by atoms with E-state index in [2.05, 4.69) is 15.0 Å². The Morgan fingerprint density at radius 1 is 1.02 bits per heavy atom. The number of likely N-dealkylation sites (tertiary alicyclic amines) is 1. The van der Waals surface area contributed by atoms with Crippen molar-refractivity contribution in [1.29, 1.82) is 0 Å². The highest BCUT2D eigenvalue weighted by Crippen LogP contribution is 2.49. The number of thiazole rings is 1. The number of hydrogen-bond donors (Lipinski definition) is 1. The Kier molecular flexibility index (Phi) is 6.29. The van der Waals surface area contributed by atoms with Gasteiger partial charge in [0.15, 0.2) is 10.8 Å². The van der Waals surface area contributed by atoms with E-state index in [1.165, 1.54) is 17.4 Å². The van der Waals surface area contributed by atoms with Crippen LogP contribution in [0.3, 0.4) is 0 Å². The molecule has 0 radical (unpaired) electrons. The van der Waals surface area contributed by atoms with Gasteiger partial charge < -0.3 is 15.4 Å². The summed E-state index contributed by atoms with van der Waals surface area (Å²) in [7, 11) is 0. The molecule has 212 valence electrons. The molecule has 0 bridgehead atoms. The third-order valence-electron chi connectivity index (χ3n) is 8.10. The molecule has 42 heavy (non-hydrogen) atoms. The Morgan fingerprint density at radius 3 is 2.45 bits per heavy atom. The lowest BCUT2D eigenvalue weighted by atomic mass is 9.93. The van der Waals surface area contributed by atoms with Gasteiger partial charge in [0.1, 0.15) is 16.8 Å². The maximum atomic E-state index is 14.5. The van der Waals surface area contributed by atoms with Gasteiger partial charge in [-0.3, -0.25) is 4.79 Å². The first kappa shape index (κ1) is 26.6. The van der Waals surface area contributed by atoms with Crippen molar-refractivity contribution in [2.45, 2.75) is 32.4 Å². The van der Waals surface area contributed by atoms with Crippen molar-refractivity contribution in [2.75, 3.05) is 13.1 Å². The minimum Gasteiger partial charge on any atom is -0.474 e. The Balaban J connectivity index is 1.10. The van der Waals surface area contributed by atoms with Crippen LogP contribution in [0.5, 0.6) is 5.88 Å². The molecule has 0 spiro atoms. The zero-order chi connectivity index (χ0) is 29.2. The van der Waals surface area contributed by atoms with E-state index in [0.717, 1.165) is 16.5 Å². The van der Waals surface area contributed by atoms with E-state index in [0.29, 0.717) is 51.5 Å². The predicted octanol–water partition coefficient (Wildman–Crippen LogP) is 5.61. The molecule has 4 heterocycles. The number of benzene rings is 2. The molecule has 1 aliphatic carbocycles. The van der Waals surface area contributed by atoms with Gasteiger partial charge in [0.05, 0.1) is 11.4 Å². The van der Waals surface area contributed by atoms with E-state index < -0.39 is 5.54 Å². The van der Waals surface area contributed by atoms with Crippen LogP contribution < -0.4 is 10.5 Å². The molecule has 1 amide bonds. The molecule has 3 aromatic heterocycles. The monoisotopic (exact) mass is 580 g/mol. The Bertz CT molecular complexity index is 1820. The SMILES string of the molecule is Cc1nc(-c2ncccn2)sc1C(=O)N1C[C@@H]2[C@H](C1)[C@@H]2Oc1cc(C(C)(C)N)cc(-c2ccc(F)c3ccccc23)n1. The maximum Gasteiger partial charge on any atom is 0.265 e. The first-order valence-corrected chi connectivity index (χ1v) is 14.7. The van der Waals surface area contributed by atoms with Crippen LogP contribution in [-0.4, -0.2) is 49.9 Å². The Hall–Kier alpha value is -4.28. The van der Waals surface area contributed by atoms with Crippen molar-refractivity contribution < 1.29 is 13.9 Å². The van der Waals surface area contributed by atoms with E-state index in [1.807, 2.05) is 56.0 Å². The lowest BCUT2D eigenvalue weighted by Crippen LogP contribution is -2.33. The third-order valence-corrected chi connectivity index (χ3v) is 9.24. The van der Waals surface area contributed by atoms with Crippen molar-refractivity contribution in [2.24, 2.45) is 17.6 Å². The minimum atomic E-state index is -0.634. The number of fused-ring (bicyclic) bond motifs is 2. The van der Waals surface area contributed by atoms with Crippen molar-refractivity contribution in [1.82, 2.24) is 24.8 Å². The van der Waals surface area contributed by atoms with Crippen LogP contribution in [0.4, 0.5) is 4.39 Å². The van der Waals surface area contributed by atoms with Gasteiger partial charge in [-0.05, 0) is 56.0 Å². The highest BCUT2D eigenvalue weighted by Gasteiger charge is 2.59. The minimum absolute atomic E-state index is 0.0198. The third kappa shape index (κ3) is 4.70. The van der Waals surface area contributed by atoms with Crippen molar-refractivity contribution in [3.8, 4) is 28.0 Å². The van der Waals surface area contributed by atoms with E-state index in [4.69, 9.17) is 15.5 Å². The molecule has 10 heteroatoms. The van der Waals surface area contributed by atoms with E-state index >= 15 is 0 Å². The van der Waals surface area contributed by atoms with Gasteiger partial charge in [-0.25, -0.2) is 24.3 Å². The second-order valence-electron chi connectivity index (χ2n) is 11.6. The first-order valence-electron chi connectivity index (χ1n) is 13.9. The number of pyridine rings is 1. The van der Waals surface area contributed by atoms with Crippen LogP contribution >= 0.6 is 11.3 Å². The maximum absolute atomic E-state index is 14.5. The molecule has 3 atom stereocenters. The standard InChI is InChI=1S/C32H29FN6O2S/c1-17-28(42-30(37-17)29-35-11-6-12-36-29)31(40)39-15-22-23(16-39)27(22)41-26-14-18(32(2,3)34)13-25(38-26)21-9-10-24(33)20-8-5-4-7-19(20)21/h4-14,22-23,27H,15-16,34H2,1-3H3/t22-,23+,27-. The quantitative estimate of drug-likeness (QED) is 0.278. The van der Waals surface area contributed by atoms with Gasteiger partial charge in [-0.2, -0.15) is 0 Å². The number of ether oxygens (including phenoxy) is 1. The zero-order valence-corrected chi connectivity index (χ0v) is 24.2. The summed E-state index contributed by atoms with van der Waals surface area (Å²) < 4.78 is 21.0. The fourth-order valence-electron chi connectivity index (χ4n) is 5.76. The zero-order valence-electron chi connectivity index (χ0n) is 23.4. The molecule has 1 saturated carbocycles.